The van der Waals surface area contributed by atoms with E-state index in [1.54, 1.807) is 0 Å². The molecule has 2 N–H and O–H groups in total. The summed E-state index contributed by atoms with van der Waals surface area (Å²) < 4.78 is 29.1. The smallest absolute Gasteiger partial charge is 0.191 e. The van der Waals surface area contributed by atoms with Gasteiger partial charge in [-0.2, -0.15) is 0 Å². The van der Waals surface area contributed by atoms with Crippen LogP contribution < -0.4 is 10.6 Å². The van der Waals surface area contributed by atoms with E-state index in [0.717, 1.165) is 31.8 Å². The molecule has 1 aliphatic carbocycles. The molecule has 0 amide bonds. The molecule has 2 heterocycles. The number of sulfone groups is 1. The Kier molecular flexibility index (Phi) is 5.70. The summed E-state index contributed by atoms with van der Waals surface area (Å²) in [6.45, 7) is 4.28. The molecular formula is C17H31N3O3S. The number of nitrogens with zero attached hydrogens (tertiary/aromatic N) is 1. The first-order valence-corrected chi connectivity index (χ1v) is 11.2. The van der Waals surface area contributed by atoms with Crippen LogP contribution in [-0.4, -0.2) is 57.2 Å². The zero-order chi connectivity index (χ0) is 17.0. The van der Waals surface area contributed by atoms with E-state index in [2.05, 4.69) is 17.6 Å². The highest BCUT2D eigenvalue weighted by Gasteiger charge is 2.30. The van der Waals surface area contributed by atoms with Crippen molar-refractivity contribution in [3.63, 3.8) is 0 Å². The molecule has 0 aromatic carbocycles. The fourth-order valence-corrected chi connectivity index (χ4v) is 5.76. The maximum Gasteiger partial charge on any atom is 0.191 e. The fraction of sp³-hybridized carbons (Fsp3) is 0.941. The summed E-state index contributed by atoms with van der Waals surface area (Å²) >= 11 is 0. The summed E-state index contributed by atoms with van der Waals surface area (Å²) in [5.74, 6) is 1.65. The van der Waals surface area contributed by atoms with Gasteiger partial charge in [0.15, 0.2) is 15.8 Å². The first-order valence-electron chi connectivity index (χ1n) is 9.33. The lowest BCUT2D eigenvalue weighted by atomic mass is 10.0. The number of hydrogen-bond donors (Lipinski definition) is 2. The summed E-state index contributed by atoms with van der Waals surface area (Å²) in [6.07, 6.45) is 7.82. The van der Waals surface area contributed by atoms with E-state index in [1.807, 2.05) is 0 Å². The minimum Gasteiger partial charge on any atom is -0.373 e. The zero-order valence-electron chi connectivity index (χ0n) is 14.7. The normalized spacial score (nSPS) is 33.9. The third kappa shape index (κ3) is 5.09. The van der Waals surface area contributed by atoms with Crippen LogP contribution in [-0.2, 0) is 14.6 Å². The van der Waals surface area contributed by atoms with E-state index in [9.17, 15) is 8.42 Å². The molecule has 0 aromatic rings. The van der Waals surface area contributed by atoms with Crippen LogP contribution in [0.3, 0.4) is 0 Å². The van der Waals surface area contributed by atoms with Crippen LogP contribution in [0, 0.1) is 5.92 Å². The fourth-order valence-electron chi connectivity index (χ4n) is 3.90. The van der Waals surface area contributed by atoms with Crippen LogP contribution in [0.5, 0.6) is 0 Å². The van der Waals surface area contributed by atoms with Gasteiger partial charge in [-0.25, -0.2) is 8.42 Å². The summed E-state index contributed by atoms with van der Waals surface area (Å²) in [6, 6.07) is 0.487. The van der Waals surface area contributed by atoms with E-state index < -0.39 is 9.84 Å². The Bertz CT molecular complexity index is 549. The highest BCUT2D eigenvalue weighted by molar-refractivity contribution is 7.91. The van der Waals surface area contributed by atoms with Crippen molar-refractivity contribution in [1.29, 1.82) is 0 Å². The highest BCUT2D eigenvalue weighted by atomic mass is 32.2. The Morgan fingerprint density at radius 3 is 2.67 bits per heavy atom. The molecule has 0 spiro atoms. The second-order valence-electron chi connectivity index (χ2n) is 7.84. The van der Waals surface area contributed by atoms with Gasteiger partial charge < -0.3 is 15.4 Å². The molecule has 6 nitrogen and oxygen atoms in total. The van der Waals surface area contributed by atoms with Gasteiger partial charge in [-0.3, -0.25) is 4.99 Å². The summed E-state index contributed by atoms with van der Waals surface area (Å²) in [5, 5.41) is 6.92. The molecule has 2 unspecified atom stereocenters. The van der Waals surface area contributed by atoms with Crippen LogP contribution in [0.25, 0.3) is 0 Å². The SMILES string of the molecule is CC1(CN=C(NCC2CCS(=O)(=O)C2)NC2CCCC2)CCCO1. The van der Waals surface area contributed by atoms with Gasteiger partial charge in [0.25, 0.3) is 0 Å². The summed E-state index contributed by atoms with van der Waals surface area (Å²) in [5.41, 5.74) is -0.152. The molecule has 3 aliphatic rings. The number of aliphatic imine (C=N–C) groups is 1. The molecule has 0 aromatic heterocycles. The predicted molar refractivity (Wildman–Crippen MR) is 96.0 cm³/mol. The lowest BCUT2D eigenvalue weighted by molar-refractivity contribution is 0.0283. The monoisotopic (exact) mass is 357 g/mol. The van der Waals surface area contributed by atoms with Gasteiger partial charge >= 0.3 is 0 Å². The molecule has 3 rings (SSSR count). The van der Waals surface area contributed by atoms with Crippen molar-refractivity contribution in [1.82, 2.24) is 10.6 Å². The van der Waals surface area contributed by atoms with Crippen molar-refractivity contribution >= 4 is 15.8 Å². The van der Waals surface area contributed by atoms with Crippen LogP contribution >= 0.6 is 0 Å². The summed E-state index contributed by atoms with van der Waals surface area (Å²) in [4.78, 5) is 4.76. The van der Waals surface area contributed by atoms with Gasteiger partial charge in [-0.1, -0.05) is 12.8 Å². The lowest BCUT2D eigenvalue weighted by Crippen LogP contribution is -2.45. The van der Waals surface area contributed by atoms with Gasteiger partial charge in [0.2, 0.25) is 0 Å². The second kappa shape index (κ2) is 7.60. The van der Waals surface area contributed by atoms with Gasteiger partial charge in [-0.05, 0) is 44.9 Å². The Morgan fingerprint density at radius 2 is 2.04 bits per heavy atom. The molecule has 2 saturated heterocycles. The Balaban J connectivity index is 1.56. The number of guanidine groups is 1. The maximum atomic E-state index is 11.6. The molecule has 0 bridgehead atoms. The Hall–Kier alpha value is -0.820. The van der Waals surface area contributed by atoms with Crippen LogP contribution in [0.4, 0.5) is 0 Å². The van der Waals surface area contributed by atoms with E-state index in [4.69, 9.17) is 9.73 Å². The van der Waals surface area contributed by atoms with Gasteiger partial charge in [0.05, 0.1) is 23.7 Å². The highest BCUT2D eigenvalue weighted by Crippen LogP contribution is 2.25. The lowest BCUT2D eigenvalue weighted by Gasteiger charge is -2.23. The Morgan fingerprint density at radius 1 is 1.25 bits per heavy atom. The molecule has 24 heavy (non-hydrogen) atoms. The van der Waals surface area contributed by atoms with E-state index >= 15 is 0 Å². The van der Waals surface area contributed by atoms with E-state index in [0.29, 0.717) is 30.6 Å². The van der Waals surface area contributed by atoms with Crippen molar-refractivity contribution in [2.24, 2.45) is 10.9 Å². The number of ether oxygens (including phenoxy) is 1. The minimum atomic E-state index is -2.82. The third-order valence-corrected chi connectivity index (χ3v) is 7.29. The van der Waals surface area contributed by atoms with Crippen molar-refractivity contribution in [2.75, 3.05) is 31.2 Å². The molecule has 138 valence electrons. The van der Waals surface area contributed by atoms with Crippen molar-refractivity contribution in [3.8, 4) is 0 Å². The first kappa shape index (κ1) is 18.0. The zero-order valence-corrected chi connectivity index (χ0v) is 15.5. The van der Waals surface area contributed by atoms with Crippen LogP contribution in [0.15, 0.2) is 4.99 Å². The standard InChI is InChI=1S/C17H31N3O3S/c1-17(8-4-9-23-17)13-19-16(20-15-5-2-3-6-15)18-11-14-7-10-24(21,22)12-14/h14-15H,2-13H2,1H3,(H2,18,19,20). The number of hydrogen-bond acceptors (Lipinski definition) is 4. The summed E-state index contributed by atoms with van der Waals surface area (Å²) in [7, 11) is -2.82. The third-order valence-electron chi connectivity index (χ3n) is 5.45. The van der Waals surface area contributed by atoms with Gasteiger partial charge in [0.1, 0.15) is 0 Å². The van der Waals surface area contributed by atoms with Crippen LogP contribution in [0.1, 0.15) is 51.9 Å². The minimum absolute atomic E-state index is 0.152. The molecule has 2 aliphatic heterocycles. The van der Waals surface area contributed by atoms with Crippen molar-refractivity contribution in [3.05, 3.63) is 0 Å². The van der Waals surface area contributed by atoms with Crippen molar-refractivity contribution < 1.29 is 13.2 Å². The van der Waals surface area contributed by atoms with E-state index in [1.165, 1.54) is 25.7 Å². The Labute approximate surface area is 145 Å². The predicted octanol–water partition coefficient (Wildman–Crippen LogP) is 1.47. The van der Waals surface area contributed by atoms with E-state index in [-0.39, 0.29) is 11.5 Å². The molecule has 3 fully saturated rings. The van der Waals surface area contributed by atoms with Gasteiger partial charge in [0, 0.05) is 19.2 Å². The molecule has 2 atom stereocenters. The largest absolute Gasteiger partial charge is 0.373 e. The number of rotatable bonds is 5. The first-order chi connectivity index (χ1) is 11.4. The average Bonchev–Trinajstić information content (AvgIpc) is 3.25. The van der Waals surface area contributed by atoms with Crippen molar-refractivity contribution in [2.45, 2.75) is 63.5 Å². The van der Waals surface area contributed by atoms with Crippen LogP contribution in [0.2, 0.25) is 0 Å². The molecule has 1 saturated carbocycles. The average molecular weight is 358 g/mol. The second-order valence-corrected chi connectivity index (χ2v) is 10.1. The topological polar surface area (TPSA) is 79.8 Å². The van der Waals surface area contributed by atoms with Gasteiger partial charge in [-0.15, -0.1) is 0 Å². The number of nitrogens with one attached hydrogen (secondary N) is 2. The molecule has 0 radical (unpaired) electrons. The maximum absolute atomic E-state index is 11.6. The molecular weight excluding hydrogens is 326 g/mol. The molecule has 7 heteroatoms. The quantitative estimate of drug-likeness (QED) is 0.575.